The molecule has 2 aliphatic heterocycles. The maximum absolute atomic E-state index is 12.3. The molecule has 2 saturated heterocycles. The Kier molecular flexibility index (Phi) is 3.87. The minimum atomic E-state index is -0.0311. The normalized spacial score (nSPS) is 27.1. The van der Waals surface area contributed by atoms with Gasteiger partial charge in [0.05, 0.1) is 6.04 Å². The second kappa shape index (κ2) is 5.66. The predicted molar refractivity (Wildman–Crippen MR) is 76.3 cm³/mol. The molecular formula is C15H23N3O3. The third-order valence-electron chi connectivity index (χ3n) is 4.80. The number of nitrogens with zero attached hydrogens (tertiary/aromatic N) is 2. The van der Waals surface area contributed by atoms with Gasteiger partial charge < -0.3 is 15.1 Å². The maximum atomic E-state index is 12.3. The lowest BCUT2D eigenvalue weighted by molar-refractivity contribution is -0.134. The lowest BCUT2D eigenvalue weighted by Crippen LogP contribution is -2.45. The molecule has 116 valence electrons. The molecule has 0 unspecified atom stereocenters. The first-order valence-corrected chi connectivity index (χ1v) is 7.90. The van der Waals surface area contributed by atoms with Crippen molar-refractivity contribution >= 4 is 17.7 Å². The molecule has 2 heterocycles. The zero-order chi connectivity index (χ0) is 15.0. The van der Waals surface area contributed by atoms with Gasteiger partial charge in [0.2, 0.25) is 17.7 Å². The molecule has 0 aromatic carbocycles. The van der Waals surface area contributed by atoms with E-state index in [-0.39, 0.29) is 29.7 Å². The van der Waals surface area contributed by atoms with Crippen LogP contribution in [0.2, 0.25) is 0 Å². The Bertz CT molecular complexity index is 453. The Morgan fingerprint density at radius 1 is 1.14 bits per heavy atom. The van der Waals surface area contributed by atoms with Crippen LogP contribution in [-0.4, -0.2) is 59.2 Å². The van der Waals surface area contributed by atoms with Gasteiger partial charge in [-0.05, 0) is 25.7 Å². The highest BCUT2D eigenvalue weighted by molar-refractivity contribution is 5.84. The molecule has 1 aliphatic carbocycles. The van der Waals surface area contributed by atoms with Gasteiger partial charge in [0.15, 0.2) is 0 Å². The van der Waals surface area contributed by atoms with Crippen molar-refractivity contribution in [2.75, 3.05) is 19.6 Å². The van der Waals surface area contributed by atoms with Crippen LogP contribution < -0.4 is 5.32 Å². The number of piperidine rings is 1. The van der Waals surface area contributed by atoms with Gasteiger partial charge in [-0.25, -0.2) is 0 Å². The average molecular weight is 293 g/mol. The summed E-state index contributed by atoms with van der Waals surface area (Å²) in [4.78, 5) is 39.1. The summed E-state index contributed by atoms with van der Waals surface area (Å²) in [5.74, 6) is 0.281. The lowest BCUT2D eigenvalue weighted by atomic mass is 9.95. The third-order valence-corrected chi connectivity index (χ3v) is 4.80. The zero-order valence-corrected chi connectivity index (χ0v) is 12.5. The van der Waals surface area contributed by atoms with Crippen molar-refractivity contribution in [1.82, 2.24) is 15.1 Å². The average Bonchev–Trinajstić information content (AvgIpc) is 3.23. The van der Waals surface area contributed by atoms with Crippen LogP contribution in [0.15, 0.2) is 0 Å². The SMILES string of the molecule is CC(=O)N1CCC(C(=O)N[C@H]2CC(=O)N(C3CC3)C2)CC1. The van der Waals surface area contributed by atoms with Crippen LogP contribution in [0.5, 0.6) is 0 Å². The van der Waals surface area contributed by atoms with E-state index in [1.54, 1.807) is 11.8 Å². The van der Waals surface area contributed by atoms with Crippen LogP contribution in [0.3, 0.4) is 0 Å². The van der Waals surface area contributed by atoms with E-state index in [1.807, 2.05) is 4.90 Å². The molecule has 3 rings (SSSR count). The van der Waals surface area contributed by atoms with Crippen molar-refractivity contribution in [3.05, 3.63) is 0 Å². The maximum Gasteiger partial charge on any atom is 0.225 e. The van der Waals surface area contributed by atoms with E-state index in [4.69, 9.17) is 0 Å². The van der Waals surface area contributed by atoms with E-state index in [0.717, 1.165) is 25.7 Å². The third kappa shape index (κ3) is 3.19. The molecular weight excluding hydrogens is 270 g/mol. The summed E-state index contributed by atoms with van der Waals surface area (Å²) in [5, 5.41) is 3.03. The molecule has 3 aliphatic rings. The Balaban J connectivity index is 1.46. The molecule has 1 saturated carbocycles. The summed E-state index contributed by atoms with van der Waals surface area (Å²) >= 11 is 0. The van der Waals surface area contributed by atoms with Crippen molar-refractivity contribution < 1.29 is 14.4 Å². The molecule has 3 fully saturated rings. The van der Waals surface area contributed by atoms with E-state index in [9.17, 15) is 14.4 Å². The highest BCUT2D eigenvalue weighted by Crippen LogP contribution is 2.30. The largest absolute Gasteiger partial charge is 0.351 e. The Hall–Kier alpha value is -1.59. The molecule has 0 aromatic heterocycles. The summed E-state index contributed by atoms with van der Waals surface area (Å²) in [6.45, 7) is 3.55. The van der Waals surface area contributed by atoms with Crippen LogP contribution in [0, 0.1) is 5.92 Å². The number of carbonyl (C=O) groups is 3. The number of hydrogen-bond acceptors (Lipinski definition) is 3. The molecule has 21 heavy (non-hydrogen) atoms. The van der Waals surface area contributed by atoms with E-state index in [2.05, 4.69) is 5.32 Å². The van der Waals surface area contributed by atoms with Gasteiger partial charge in [-0.2, -0.15) is 0 Å². The van der Waals surface area contributed by atoms with Crippen LogP contribution in [0.25, 0.3) is 0 Å². The summed E-state index contributed by atoms with van der Waals surface area (Å²) in [7, 11) is 0. The minimum Gasteiger partial charge on any atom is -0.351 e. The number of nitrogens with one attached hydrogen (secondary N) is 1. The quantitative estimate of drug-likeness (QED) is 0.804. The standard InChI is InChI=1S/C15H23N3O3/c1-10(19)17-6-4-11(5-7-17)15(21)16-12-8-14(20)18(9-12)13-2-3-13/h11-13H,2-9H2,1H3,(H,16,21)/t12-/m0/s1. The molecule has 0 bridgehead atoms. The van der Waals surface area contributed by atoms with Gasteiger partial charge in [0.25, 0.3) is 0 Å². The van der Waals surface area contributed by atoms with Crippen LogP contribution in [0.1, 0.15) is 39.0 Å². The van der Waals surface area contributed by atoms with Gasteiger partial charge in [-0.3, -0.25) is 14.4 Å². The van der Waals surface area contributed by atoms with E-state index >= 15 is 0 Å². The van der Waals surface area contributed by atoms with Crippen molar-refractivity contribution in [3.8, 4) is 0 Å². The first kappa shape index (κ1) is 14.4. The van der Waals surface area contributed by atoms with Crippen molar-refractivity contribution in [2.24, 2.45) is 5.92 Å². The van der Waals surface area contributed by atoms with Crippen molar-refractivity contribution in [3.63, 3.8) is 0 Å². The highest BCUT2D eigenvalue weighted by Gasteiger charge is 2.40. The number of likely N-dealkylation sites (tertiary alicyclic amines) is 2. The number of carbonyl (C=O) groups excluding carboxylic acids is 3. The Morgan fingerprint density at radius 3 is 2.38 bits per heavy atom. The summed E-state index contributed by atoms with van der Waals surface area (Å²) < 4.78 is 0. The summed E-state index contributed by atoms with van der Waals surface area (Å²) in [6.07, 6.45) is 4.09. The molecule has 0 radical (unpaired) electrons. The molecule has 0 spiro atoms. The smallest absolute Gasteiger partial charge is 0.225 e. The fraction of sp³-hybridized carbons (Fsp3) is 0.800. The Morgan fingerprint density at radius 2 is 1.81 bits per heavy atom. The van der Waals surface area contributed by atoms with Gasteiger partial charge in [-0.1, -0.05) is 0 Å². The van der Waals surface area contributed by atoms with Crippen molar-refractivity contribution in [1.29, 1.82) is 0 Å². The van der Waals surface area contributed by atoms with Crippen molar-refractivity contribution in [2.45, 2.75) is 51.1 Å². The van der Waals surface area contributed by atoms with Gasteiger partial charge in [0, 0.05) is 44.9 Å². The fourth-order valence-corrected chi connectivity index (χ4v) is 3.34. The van der Waals surface area contributed by atoms with Crippen LogP contribution in [-0.2, 0) is 14.4 Å². The lowest BCUT2D eigenvalue weighted by Gasteiger charge is -2.31. The summed E-state index contributed by atoms with van der Waals surface area (Å²) in [5.41, 5.74) is 0. The summed E-state index contributed by atoms with van der Waals surface area (Å²) in [6, 6.07) is 0.398. The van der Waals surface area contributed by atoms with Crippen LogP contribution >= 0.6 is 0 Å². The van der Waals surface area contributed by atoms with Crippen LogP contribution in [0.4, 0.5) is 0 Å². The number of rotatable bonds is 3. The molecule has 0 aromatic rings. The first-order chi connectivity index (χ1) is 10.0. The highest BCUT2D eigenvalue weighted by atomic mass is 16.2. The van der Waals surface area contributed by atoms with Gasteiger partial charge in [0.1, 0.15) is 0 Å². The number of hydrogen-bond donors (Lipinski definition) is 1. The first-order valence-electron chi connectivity index (χ1n) is 7.90. The second-order valence-electron chi connectivity index (χ2n) is 6.47. The van der Waals surface area contributed by atoms with E-state index in [0.29, 0.717) is 32.1 Å². The monoisotopic (exact) mass is 293 g/mol. The molecule has 1 atom stereocenters. The van der Waals surface area contributed by atoms with Gasteiger partial charge >= 0.3 is 0 Å². The topological polar surface area (TPSA) is 69.7 Å². The van der Waals surface area contributed by atoms with Gasteiger partial charge in [-0.15, -0.1) is 0 Å². The molecule has 3 amide bonds. The molecule has 1 N–H and O–H groups in total. The zero-order valence-electron chi connectivity index (χ0n) is 12.5. The molecule has 6 nitrogen and oxygen atoms in total. The minimum absolute atomic E-state index is 0.0225. The van der Waals surface area contributed by atoms with E-state index in [1.165, 1.54) is 0 Å². The Labute approximate surface area is 124 Å². The number of amides is 3. The van der Waals surface area contributed by atoms with E-state index < -0.39 is 0 Å². The molecule has 6 heteroatoms. The fourth-order valence-electron chi connectivity index (χ4n) is 3.34. The second-order valence-corrected chi connectivity index (χ2v) is 6.47. The predicted octanol–water partition coefficient (Wildman–Crippen LogP) is 0.124.